The molecule has 0 aromatic heterocycles. The van der Waals surface area contributed by atoms with Crippen LogP contribution in [0.25, 0.3) is 0 Å². The van der Waals surface area contributed by atoms with Gasteiger partial charge >= 0.3 is 6.03 Å². The Balaban J connectivity index is 2.24. The predicted molar refractivity (Wildman–Crippen MR) is 70.6 cm³/mol. The normalized spacial score (nSPS) is 17.5. The number of nitrogens with zero attached hydrogens (tertiary/aromatic N) is 1. The van der Waals surface area contributed by atoms with E-state index in [4.69, 9.17) is 10.5 Å². The summed E-state index contributed by atoms with van der Waals surface area (Å²) in [6, 6.07) is 4.76. The molecule has 1 heterocycles. The van der Waals surface area contributed by atoms with Gasteiger partial charge in [-0.15, -0.1) is 0 Å². The van der Waals surface area contributed by atoms with Crippen LogP contribution in [0.15, 0.2) is 18.2 Å². The van der Waals surface area contributed by atoms with Gasteiger partial charge in [0.25, 0.3) is 5.91 Å². The van der Waals surface area contributed by atoms with Gasteiger partial charge in [0.1, 0.15) is 11.3 Å². The van der Waals surface area contributed by atoms with Gasteiger partial charge in [-0.25, -0.2) is 4.79 Å². The largest absolute Gasteiger partial charge is 0.497 e. The van der Waals surface area contributed by atoms with E-state index in [9.17, 15) is 9.59 Å². The lowest BCUT2D eigenvalue weighted by atomic mass is 10.1. The third kappa shape index (κ3) is 2.47. The van der Waals surface area contributed by atoms with Gasteiger partial charge in [-0.1, -0.05) is 0 Å². The minimum atomic E-state index is -0.860. The smallest absolute Gasteiger partial charge is 0.325 e. The van der Waals surface area contributed by atoms with Gasteiger partial charge in [-0.3, -0.25) is 9.69 Å². The Labute approximate surface area is 111 Å². The molecule has 3 N–H and O–H groups in total. The number of hydrogen-bond donors (Lipinski definition) is 2. The fourth-order valence-electron chi connectivity index (χ4n) is 2.04. The number of nitrogen functional groups attached to an aromatic ring is 1. The number of nitrogens with two attached hydrogens (primary N) is 1. The van der Waals surface area contributed by atoms with Crippen LogP contribution in [0, 0.1) is 0 Å². The molecule has 1 aromatic carbocycles. The van der Waals surface area contributed by atoms with E-state index in [1.165, 1.54) is 12.0 Å². The summed E-state index contributed by atoms with van der Waals surface area (Å²) in [6.45, 7) is 3.52. The summed E-state index contributed by atoms with van der Waals surface area (Å²) in [7, 11) is 1.54. The molecule has 3 amide bonds. The molecule has 6 heteroatoms. The number of ether oxygens (including phenoxy) is 1. The van der Waals surface area contributed by atoms with Gasteiger partial charge < -0.3 is 15.8 Å². The minimum Gasteiger partial charge on any atom is -0.497 e. The molecule has 1 fully saturated rings. The van der Waals surface area contributed by atoms with Crippen LogP contribution in [0.4, 0.5) is 10.5 Å². The van der Waals surface area contributed by atoms with Crippen molar-refractivity contribution in [3.8, 4) is 5.75 Å². The van der Waals surface area contributed by atoms with Crippen molar-refractivity contribution in [1.29, 1.82) is 0 Å². The fraction of sp³-hybridized carbons (Fsp3) is 0.385. The molecule has 2 rings (SSSR count). The first-order valence-electron chi connectivity index (χ1n) is 5.91. The molecule has 0 radical (unpaired) electrons. The first kappa shape index (κ1) is 13.2. The molecule has 0 unspecified atom stereocenters. The first-order chi connectivity index (χ1) is 8.83. The van der Waals surface area contributed by atoms with Crippen molar-refractivity contribution in [1.82, 2.24) is 10.2 Å². The van der Waals surface area contributed by atoms with Crippen LogP contribution in [-0.4, -0.2) is 29.5 Å². The van der Waals surface area contributed by atoms with Crippen molar-refractivity contribution >= 4 is 17.6 Å². The molecule has 102 valence electrons. The second-order valence-electron chi connectivity index (χ2n) is 5.06. The van der Waals surface area contributed by atoms with Gasteiger partial charge in [-0.05, 0) is 31.5 Å². The number of amides is 3. The average molecular weight is 263 g/mol. The number of anilines is 1. The summed E-state index contributed by atoms with van der Waals surface area (Å²) in [5.74, 6) is 0.347. The number of benzene rings is 1. The monoisotopic (exact) mass is 263 g/mol. The maximum absolute atomic E-state index is 12.1. The molecular weight excluding hydrogens is 246 g/mol. The highest BCUT2D eigenvalue weighted by atomic mass is 16.5. The zero-order valence-electron chi connectivity index (χ0n) is 11.2. The number of methoxy groups -OCH3 is 1. The first-order valence-corrected chi connectivity index (χ1v) is 5.91. The van der Waals surface area contributed by atoms with E-state index in [1.807, 2.05) is 0 Å². The quantitative estimate of drug-likeness (QED) is 0.632. The molecule has 19 heavy (non-hydrogen) atoms. The molecule has 1 aliphatic heterocycles. The summed E-state index contributed by atoms with van der Waals surface area (Å²) in [4.78, 5) is 25.0. The third-order valence-corrected chi connectivity index (χ3v) is 3.01. The zero-order chi connectivity index (χ0) is 14.2. The second-order valence-corrected chi connectivity index (χ2v) is 5.06. The van der Waals surface area contributed by atoms with Crippen LogP contribution >= 0.6 is 0 Å². The van der Waals surface area contributed by atoms with E-state index in [-0.39, 0.29) is 12.5 Å². The lowest BCUT2D eigenvalue weighted by molar-refractivity contribution is -0.130. The van der Waals surface area contributed by atoms with E-state index in [0.717, 1.165) is 5.56 Å². The number of imide groups is 1. The standard InChI is InChI=1S/C13H17N3O3/c1-13(2)11(17)16(12(18)15-13)7-8-4-9(14)6-10(5-8)19-3/h4-6H,7,14H2,1-3H3,(H,15,18). The van der Waals surface area contributed by atoms with Gasteiger partial charge in [0.2, 0.25) is 0 Å². The van der Waals surface area contributed by atoms with Gasteiger partial charge in [-0.2, -0.15) is 0 Å². The van der Waals surface area contributed by atoms with Gasteiger partial charge in [0, 0.05) is 11.8 Å². The Bertz CT molecular complexity index is 540. The molecule has 0 saturated carbocycles. The molecule has 0 aliphatic carbocycles. The predicted octanol–water partition coefficient (Wildman–Crippen LogP) is 1.11. The van der Waals surface area contributed by atoms with E-state index >= 15 is 0 Å². The second kappa shape index (κ2) is 4.46. The van der Waals surface area contributed by atoms with Crippen LogP contribution in [0.3, 0.4) is 0 Å². The molecule has 0 atom stereocenters. The number of nitrogens with one attached hydrogen (secondary N) is 1. The molecule has 1 saturated heterocycles. The highest BCUT2D eigenvalue weighted by molar-refractivity contribution is 6.06. The van der Waals surface area contributed by atoms with Crippen molar-refractivity contribution in [2.24, 2.45) is 0 Å². The van der Waals surface area contributed by atoms with Crippen molar-refractivity contribution in [3.63, 3.8) is 0 Å². The molecule has 0 spiro atoms. The number of rotatable bonds is 3. The fourth-order valence-corrected chi connectivity index (χ4v) is 2.04. The summed E-state index contributed by atoms with van der Waals surface area (Å²) in [6.07, 6.45) is 0. The molecule has 0 bridgehead atoms. The lowest BCUT2D eigenvalue weighted by Crippen LogP contribution is -2.40. The van der Waals surface area contributed by atoms with Crippen molar-refractivity contribution in [2.75, 3.05) is 12.8 Å². The van der Waals surface area contributed by atoms with Crippen molar-refractivity contribution < 1.29 is 14.3 Å². The molecule has 1 aliphatic rings. The summed E-state index contributed by atoms with van der Waals surface area (Å²) < 4.78 is 5.11. The number of carbonyl (C=O) groups excluding carboxylic acids is 2. The molecular formula is C13H17N3O3. The van der Waals surface area contributed by atoms with Crippen LogP contribution < -0.4 is 15.8 Å². The van der Waals surface area contributed by atoms with Crippen LogP contribution in [0.5, 0.6) is 5.75 Å². The Morgan fingerprint density at radius 1 is 1.32 bits per heavy atom. The van der Waals surface area contributed by atoms with Crippen LogP contribution in [0.2, 0.25) is 0 Å². The maximum atomic E-state index is 12.1. The minimum absolute atomic E-state index is 0.176. The maximum Gasteiger partial charge on any atom is 0.325 e. The highest BCUT2D eigenvalue weighted by Gasteiger charge is 2.44. The van der Waals surface area contributed by atoms with E-state index in [1.54, 1.807) is 32.0 Å². The van der Waals surface area contributed by atoms with Crippen molar-refractivity contribution in [3.05, 3.63) is 23.8 Å². The van der Waals surface area contributed by atoms with E-state index in [0.29, 0.717) is 11.4 Å². The zero-order valence-corrected chi connectivity index (χ0v) is 11.2. The summed E-state index contributed by atoms with van der Waals surface area (Å²) in [5.41, 5.74) is 6.16. The van der Waals surface area contributed by atoms with Crippen LogP contribution in [0.1, 0.15) is 19.4 Å². The third-order valence-electron chi connectivity index (χ3n) is 3.01. The number of hydrogen-bond acceptors (Lipinski definition) is 4. The molecule has 6 nitrogen and oxygen atoms in total. The SMILES string of the molecule is COc1cc(N)cc(CN2C(=O)NC(C)(C)C2=O)c1. The Kier molecular flexibility index (Phi) is 3.09. The number of urea groups is 1. The van der Waals surface area contributed by atoms with Gasteiger partial charge in [0.15, 0.2) is 0 Å². The van der Waals surface area contributed by atoms with Crippen LogP contribution in [-0.2, 0) is 11.3 Å². The summed E-state index contributed by atoms with van der Waals surface area (Å²) >= 11 is 0. The highest BCUT2D eigenvalue weighted by Crippen LogP contribution is 2.23. The average Bonchev–Trinajstić information content (AvgIpc) is 2.51. The lowest BCUT2D eigenvalue weighted by Gasteiger charge is -2.16. The molecule has 1 aromatic rings. The van der Waals surface area contributed by atoms with E-state index < -0.39 is 11.6 Å². The van der Waals surface area contributed by atoms with E-state index in [2.05, 4.69) is 5.32 Å². The Hall–Kier alpha value is -2.24. The number of carbonyl (C=O) groups is 2. The Morgan fingerprint density at radius 2 is 2.00 bits per heavy atom. The van der Waals surface area contributed by atoms with Crippen molar-refractivity contribution in [2.45, 2.75) is 25.9 Å². The topological polar surface area (TPSA) is 84.7 Å². The van der Waals surface area contributed by atoms with Gasteiger partial charge in [0.05, 0.1) is 13.7 Å². The summed E-state index contributed by atoms with van der Waals surface area (Å²) in [5, 5.41) is 2.63. The Morgan fingerprint density at radius 3 is 2.53 bits per heavy atom.